The highest BCUT2D eigenvalue weighted by atomic mass is 16.5. The molecule has 0 aliphatic carbocycles. The molecule has 0 heterocycles. The molecule has 5 nitrogen and oxygen atoms in total. The van der Waals surface area contributed by atoms with Crippen LogP contribution in [0, 0.1) is 0 Å². The number of urea groups is 1. The Morgan fingerprint density at radius 3 is 2.75 bits per heavy atom. The molecule has 2 N–H and O–H groups in total. The second-order valence-electron chi connectivity index (χ2n) is 5.44. The number of likely N-dealkylation sites (N-methyl/N-ethyl adjacent to an activating group) is 1. The van der Waals surface area contributed by atoms with Crippen molar-refractivity contribution in [1.29, 1.82) is 0 Å². The molecule has 0 spiro atoms. The van der Waals surface area contributed by atoms with Gasteiger partial charge in [0.2, 0.25) is 0 Å². The minimum atomic E-state index is -0.914. The summed E-state index contributed by atoms with van der Waals surface area (Å²) in [5, 5.41) is 12.5. The van der Waals surface area contributed by atoms with Crippen molar-refractivity contribution in [3.8, 4) is 0 Å². The van der Waals surface area contributed by atoms with E-state index in [9.17, 15) is 9.90 Å². The molecule has 1 aromatic carbocycles. The van der Waals surface area contributed by atoms with E-state index in [4.69, 9.17) is 4.74 Å². The van der Waals surface area contributed by atoms with Crippen molar-refractivity contribution in [3.63, 3.8) is 0 Å². The van der Waals surface area contributed by atoms with Gasteiger partial charge in [0.05, 0.1) is 18.8 Å². The standard InChI is InChI=1S/C15H24N2O3/c1-5-20-10-12-7-6-8-13(9-12)16-14(18)17(4)11-15(2,3)19/h6-9,19H,5,10-11H2,1-4H3,(H,16,18). The van der Waals surface area contributed by atoms with E-state index < -0.39 is 5.60 Å². The van der Waals surface area contributed by atoms with Crippen molar-refractivity contribution in [2.24, 2.45) is 0 Å². The highest BCUT2D eigenvalue weighted by Gasteiger charge is 2.19. The van der Waals surface area contributed by atoms with Gasteiger partial charge in [-0.15, -0.1) is 0 Å². The van der Waals surface area contributed by atoms with Crippen LogP contribution in [0.4, 0.5) is 10.5 Å². The van der Waals surface area contributed by atoms with Crippen LogP contribution in [0.15, 0.2) is 24.3 Å². The molecule has 0 radical (unpaired) electrons. The number of nitrogens with one attached hydrogen (secondary N) is 1. The van der Waals surface area contributed by atoms with E-state index >= 15 is 0 Å². The van der Waals surface area contributed by atoms with E-state index in [2.05, 4.69) is 5.32 Å². The molecule has 0 aliphatic rings. The van der Waals surface area contributed by atoms with Gasteiger partial charge in [0.25, 0.3) is 0 Å². The minimum Gasteiger partial charge on any atom is -0.389 e. The first-order valence-corrected chi connectivity index (χ1v) is 6.73. The molecule has 0 bridgehead atoms. The first-order valence-electron chi connectivity index (χ1n) is 6.73. The van der Waals surface area contributed by atoms with E-state index in [1.54, 1.807) is 20.9 Å². The number of hydrogen-bond donors (Lipinski definition) is 2. The third-order valence-corrected chi connectivity index (χ3v) is 2.62. The second-order valence-corrected chi connectivity index (χ2v) is 5.44. The molecule has 0 fully saturated rings. The number of nitrogens with zero attached hydrogens (tertiary/aromatic N) is 1. The zero-order valence-corrected chi connectivity index (χ0v) is 12.6. The molecule has 0 unspecified atom stereocenters. The zero-order valence-electron chi connectivity index (χ0n) is 12.6. The molecule has 0 saturated heterocycles. The lowest BCUT2D eigenvalue weighted by Gasteiger charge is -2.25. The summed E-state index contributed by atoms with van der Waals surface area (Å²) in [5.41, 5.74) is 0.813. The molecule has 2 amide bonds. The molecule has 20 heavy (non-hydrogen) atoms. The number of amides is 2. The fourth-order valence-corrected chi connectivity index (χ4v) is 1.83. The molecule has 0 saturated carbocycles. The maximum atomic E-state index is 12.0. The molecule has 0 aliphatic heterocycles. The molecular formula is C15H24N2O3. The predicted molar refractivity (Wildman–Crippen MR) is 79.7 cm³/mol. The molecule has 0 atom stereocenters. The Bertz CT molecular complexity index is 441. The van der Waals surface area contributed by atoms with Crippen molar-refractivity contribution in [1.82, 2.24) is 4.90 Å². The number of rotatable bonds is 6. The van der Waals surface area contributed by atoms with E-state index in [0.717, 1.165) is 11.3 Å². The molecule has 0 aromatic heterocycles. The Kier molecular flexibility index (Phi) is 5.98. The van der Waals surface area contributed by atoms with Gasteiger partial charge in [-0.25, -0.2) is 4.79 Å². The summed E-state index contributed by atoms with van der Waals surface area (Å²) >= 11 is 0. The number of aliphatic hydroxyl groups is 1. The smallest absolute Gasteiger partial charge is 0.321 e. The molecule has 1 aromatic rings. The van der Waals surface area contributed by atoms with E-state index in [1.165, 1.54) is 4.90 Å². The lowest BCUT2D eigenvalue weighted by molar-refractivity contribution is 0.0550. The Morgan fingerprint density at radius 2 is 2.15 bits per heavy atom. The van der Waals surface area contributed by atoms with Crippen molar-refractivity contribution >= 4 is 11.7 Å². The maximum Gasteiger partial charge on any atom is 0.321 e. The Hall–Kier alpha value is -1.59. The number of ether oxygens (including phenoxy) is 1. The number of carbonyl (C=O) groups excluding carboxylic acids is 1. The van der Waals surface area contributed by atoms with Gasteiger partial charge in [-0.1, -0.05) is 12.1 Å². The molecule has 112 valence electrons. The number of hydrogen-bond acceptors (Lipinski definition) is 3. The number of benzene rings is 1. The van der Waals surface area contributed by atoms with Crippen LogP contribution in [0.3, 0.4) is 0 Å². The largest absolute Gasteiger partial charge is 0.389 e. The van der Waals surface area contributed by atoms with Crippen LogP contribution in [0.2, 0.25) is 0 Å². The fraction of sp³-hybridized carbons (Fsp3) is 0.533. The Balaban J connectivity index is 2.61. The quantitative estimate of drug-likeness (QED) is 0.841. The monoisotopic (exact) mass is 280 g/mol. The van der Waals surface area contributed by atoms with Crippen LogP contribution >= 0.6 is 0 Å². The van der Waals surface area contributed by atoms with Gasteiger partial charge in [0.1, 0.15) is 0 Å². The van der Waals surface area contributed by atoms with Gasteiger partial charge in [-0.05, 0) is 38.5 Å². The van der Waals surface area contributed by atoms with Crippen LogP contribution in [-0.2, 0) is 11.3 Å². The van der Waals surface area contributed by atoms with Crippen LogP contribution in [0.5, 0.6) is 0 Å². The van der Waals surface area contributed by atoms with Crippen LogP contribution in [-0.4, -0.2) is 41.8 Å². The Morgan fingerprint density at radius 1 is 1.45 bits per heavy atom. The molecule has 5 heteroatoms. The summed E-state index contributed by atoms with van der Waals surface area (Å²) in [6.45, 7) is 6.72. The van der Waals surface area contributed by atoms with Crippen LogP contribution in [0.1, 0.15) is 26.3 Å². The SMILES string of the molecule is CCOCc1cccc(NC(=O)N(C)CC(C)(C)O)c1. The average molecular weight is 280 g/mol. The fourth-order valence-electron chi connectivity index (χ4n) is 1.83. The van der Waals surface area contributed by atoms with Gasteiger partial charge in [-0.2, -0.15) is 0 Å². The lowest BCUT2D eigenvalue weighted by Crippen LogP contribution is -2.41. The summed E-state index contributed by atoms with van der Waals surface area (Å²) in [6.07, 6.45) is 0. The molecule has 1 rings (SSSR count). The predicted octanol–water partition coefficient (Wildman–Crippen LogP) is 2.46. The second kappa shape index (κ2) is 7.26. The van der Waals surface area contributed by atoms with Crippen molar-refractivity contribution in [2.75, 3.05) is 25.5 Å². The maximum absolute atomic E-state index is 12.0. The Labute approximate surface area is 120 Å². The third kappa shape index (κ3) is 6.04. The van der Waals surface area contributed by atoms with Crippen molar-refractivity contribution in [3.05, 3.63) is 29.8 Å². The summed E-state index contributed by atoms with van der Waals surface area (Å²) in [5.74, 6) is 0. The minimum absolute atomic E-state index is 0.249. The first kappa shape index (κ1) is 16.5. The zero-order chi connectivity index (χ0) is 15.2. The van der Waals surface area contributed by atoms with Crippen LogP contribution < -0.4 is 5.32 Å². The van der Waals surface area contributed by atoms with E-state index in [1.807, 2.05) is 31.2 Å². The van der Waals surface area contributed by atoms with Gasteiger partial charge in [0, 0.05) is 19.3 Å². The normalized spacial score (nSPS) is 11.2. The van der Waals surface area contributed by atoms with Gasteiger partial charge < -0.3 is 20.1 Å². The summed E-state index contributed by atoms with van der Waals surface area (Å²) in [6, 6.07) is 7.28. The van der Waals surface area contributed by atoms with Crippen LogP contribution in [0.25, 0.3) is 0 Å². The summed E-state index contributed by atoms with van der Waals surface area (Å²) in [4.78, 5) is 13.4. The van der Waals surface area contributed by atoms with E-state index in [-0.39, 0.29) is 12.6 Å². The number of anilines is 1. The number of carbonyl (C=O) groups is 1. The highest BCUT2D eigenvalue weighted by Crippen LogP contribution is 2.13. The van der Waals surface area contributed by atoms with Gasteiger partial charge in [-0.3, -0.25) is 0 Å². The average Bonchev–Trinajstić information content (AvgIpc) is 2.34. The third-order valence-electron chi connectivity index (χ3n) is 2.62. The van der Waals surface area contributed by atoms with Gasteiger partial charge in [0.15, 0.2) is 0 Å². The van der Waals surface area contributed by atoms with Crippen molar-refractivity contribution in [2.45, 2.75) is 33.0 Å². The highest BCUT2D eigenvalue weighted by molar-refractivity contribution is 5.89. The van der Waals surface area contributed by atoms with Gasteiger partial charge >= 0.3 is 6.03 Å². The topological polar surface area (TPSA) is 61.8 Å². The van der Waals surface area contributed by atoms with Crippen molar-refractivity contribution < 1.29 is 14.6 Å². The summed E-state index contributed by atoms with van der Waals surface area (Å²) < 4.78 is 5.34. The molecular weight excluding hydrogens is 256 g/mol. The summed E-state index contributed by atoms with van der Waals surface area (Å²) in [7, 11) is 1.65. The first-order chi connectivity index (χ1) is 9.31. The lowest BCUT2D eigenvalue weighted by atomic mass is 10.1. The van der Waals surface area contributed by atoms with E-state index in [0.29, 0.717) is 13.2 Å².